The first kappa shape index (κ1) is 13.5. The van der Waals surface area contributed by atoms with Crippen LogP contribution in [0.2, 0.25) is 0 Å². The van der Waals surface area contributed by atoms with Crippen molar-refractivity contribution in [3.05, 3.63) is 0 Å². The summed E-state index contributed by atoms with van der Waals surface area (Å²) in [7, 11) is 0. The van der Waals surface area contributed by atoms with Gasteiger partial charge in [0.2, 0.25) is 0 Å². The maximum absolute atomic E-state index is 11.7. The van der Waals surface area contributed by atoms with Gasteiger partial charge in [-0.3, -0.25) is 4.79 Å². The Morgan fingerprint density at radius 1 is 1.31 bits per heavy atom. The molecule has 2 atom stereocenters. The Morgan fingerprint density at radius 3 is 2.25 bits per heavy atom. The lowest BCUT2D eigenvalue weighted by Crippen LogP contribution is -2.47. The van der Waals surface area contributed by atoms with Crippen molar-refractivity contribution < 1.29 is 9.53 Å². The van der Waals surface area contributed by atoms with Crippen LogP contribution < -0.4 is 5.32 Å². The van der Waals surface area contributed by atoms with Crippen LogP contribution in [0, 0.1) is 5.92 Å². The van der Waals surface area contributed by atoms with Gasteiger partial charge in [0, 0.05) is 6.04 Å². The molecule has 94 valence electrons. The minimum Gasteiger partial charge on any atom is -0.459 e. The summed E-state index contributed by atoms with van der Waals surface area (Å²) in [5.74, 6) is 0.587. The van der Waals surface area contributed by atoms with Gasteiger partial charge >= 0.3 is 5.97 Å². The highest BCUT2D eigenvalue weighted by Crippen LogP contribution is 2.29. The largest absolute Gasteiger partial charge is 0.459 e. The lowest BCUT2D eigenvalue weighted by atomic mass is 9.80. The number of hydrogen-bond acceptors (Lipinski definition) is 3. The fraction of sp³-hybridized carbons (Fsp3) is 0.923. The van der Waals surface area contributed by atoms with Gasteiger partial charge in [0.25, 0.3) is 0 Å². The van der Waals surface area contributed by atoms with E-state index in [-0.39, 0.29) is 12.0 Å². The molecule has 1 N–H and O–H groups in total. The van der Waals surface area contributed by atoms with Crippen molar-refractivity contribution in [3.8, 4) is 0 Å². The van der Waals surface area contributed by atoms with Crippen LogP contribution in [0.1, 0.15) is 53.9 Å². The zero-order valence-corrected chi connectivity index (χ0v) is 11.2. The number of esters is 1. The summed E-state index contributed by atoms with van der Waals surface area (Å²) in [6.07, 6.45) is 3.90. The average molecular weight is 227 g/mol. The topological polar surface area (TPSA) is 38.3 Å². The van der Waals surface area contributed by atoms with Crippen LogP contribution in [0.15, 0.2) is 0 Å². The smallest absolute Gasteiger partial charge is 0.323 e. The number of ether oxygens (including phenoxy) is 1. The van der Waals surface area contributed by atoms with E-state index in [1.807, 2.05) is 27.7 Å². The molecule has 0 radical (unpaired) electrons. The Kier molecular flexibility index (Phi) is 4.36. The minimum absolute atomic E-state index is 0.154. The second kappa shape index (κ2) is 5.17. The molecule has 1 aliphatic rings. The molecule has 1 rings (SSSR count). The molecule has 16 heavy (non-hydrogen) atoms. The van der Waals surface area contributed by atoms with E-state index < -0.39 is 5.60 Å². The molecule has 0 aromatic heterocycles. The molecular weight excluding hydrogens is 202 g/mol. The van der Waals surface area contributed by atoms with Crippen molar-refractivity contribution in [3.63, 3.8) is 0 Å². The monoisotopic (exact) mass is 227 g/mol. The Morgan fingerprint density at radius 2 is 1.88 bits per heavy atom. The van der Waals surface area contributed by atoms with Gasteiger partial charge in [-0.15, -0.1) is 0 Å². The van der Waals surface area contributed by atoms with Gasteiger partial charge in [0.15, 0.2) is 0 Å². The van der Waals surface area contributed by atoms with E-state index >= 15 is 0 Å². The quantitative estimate of drug-likeness (QED) is 0.750. The highest BCUT2D eigenvalue weighted by molar-refractivity contribution is 5.75. The van der Waals surface area contributed by atoms with Crippen LogP contribution in [0.25, 0.3) is 0 Å². The van der Waals surface area contributed by atoms with Crippen LogP contribution in [-0.4, -0.2) is 23.7 Å². The van der Waals surface area contributed by atoms with Gasteiger partial charge in [0.1, 0.15) is 11.6 Å². The van der Waals surface area contributed by atoms with Crippen LogP contribution >= 0.6 is 0 Å². The summed E-state index contributed by atoms with van der Waals surface area (Å²) in [5, 5.41) is 3.33. The number of rotatable bonds is 4. The second-order valence-electron chi connectivity index (χ2n) is 5.90. The first-order valence-electron chi connectivity index (χ1n) is 6.28. The molecule has 1 fully saturated rings. The Hall–Kier alpha value is -0.570. The third-order valence-electron chi connectivity index (χ3n) is 3.13. The van der Waals surface area contributed by atoms with E-state index in [2.05, 4.69) is 12.2 Å². The zero-order valence-electron chi connectivity index (χ0n) is 11.2. The van der Waals surface area contributed by atoms with Crippen molar-refractivity contribution in [1.82, 2.24) is 5.32 Å². The first-order chi connectivity index (χ1) is 7.29. The normalized spacial score (nSPS) is 21.1. The molecule has 1 aliphatic carbocycles. The van der Waals surface area contributed by atoms with E-state index in [9.17, 15) is 4.79 Å². The molecule has 0 heterocycles. The van der Waals surface area contributed by atoms with Gasteiger partial charge in [-0.25, -0.2) is 0 Å². The van der Waals surface area contributed by atoms with Crippen LogP contribution in [-0.2, 0) is 9.53 Å². The molecule has 3 nitrogen and oxygen atoms in total. The summed E-state index contributed by atoms with van der Waals surface area (Å²) in [6.45, 7) is 9.72. The zero-order chi connectivity index (χ0) is 12.3. The van der Waals surface area contributed by atoms with E-state index in [0.717, 1.165) is 5.92 Å². The number of hydrogen-bond donors (Lipinski definition) is 1. The van der Waals surface area contributed by atoms with E-state index in [1.165, 1.54) is 19.3 Å². The second-order valence-corrected chi connectivity index (χ2v) is 5.90. The standard InChI is InChI=1S/C13H25NO2/c1-9(11-7-6-8-11)14-10(2)12(15)16-13(3,4)5/h9-11,14H,6-8H2,1-5H3. The molecule has 1 saturated carbocycles. The predicted octanol–water partition coefficient (Wildman–Crippen LogP) is 2.49. The van der Waals surface area contributed by atoms with E-state index in [4.69, 9.17) is 4.74 Å². The van der Waals surface area contributed by atoms with Gasteiger partial charge in [-0.05, 0) is 53.4 Å². The van der Waals surface area contributed by atoms with Gasteiger partial charge in [-0.2, -0.15) is 0 Å². The summed E-state index contributed by atoms with van der Waals surface area (Å²) in [6, 6.07) is 0.200. The fourth-order valence-corrected chi connectivity index (χ4v) is 1.93. The van der Waals surface area contributed by atoms with Gasteiger partial charge in [-0.1, -0.05) is 6.42 Å². The molecule has 0 aromatic rings. The summed E-state index contributed by atoms with van der Waals surface area (Å²) >= 11 is 0. The highest BCUT2D eigenvalue weighted by Gasteiger charge is 2.28. The molecule has 0 aromatic carbocycles. The maximum atomic E-state index is 11.7. The van der Waals surface area contributed by atoms with Crippen molar-refractivity contribution in [2.45, 2.75) is 71.6 Å². The summed E-state index contributed by atoms with van der Waals surface area (Å²) < 4.78 is 5.33. The molecule has 2 unspecified atom stereocenters. The van der Waals surface area contributed by atoms with Crippen molar-refractivity contribution in [2.24, 2.45) is 5.92 Å². The fourth-order valence-electron chi connectivity index (χ4n) is 1.93. The summed E-state index contributed by atoms with van der Waals surface area (Å²) in [4.78, 5) is 11.7. The molecule has 0 amide bonds. The predicted molar refractivity (Wildman–Crippen MR) is 65.2 cm³/mol. The van der Waals surface area contributed by atoms with Gasteiger partial charge in [0.05, 0.1) is 0 Å². The first-order valence-corrected chi connectivity index (χ1v) is 6.28. The lowest BCUT2D eigenvalue weighted by Gasteiger charge is -2.34. The molecule has 0 spiro atoms. The van der Waals surface area contributed by atoms with Crippen LogP contribution in [0.4, 0.5) is 0 Å². The molecular formula is C13H25NO2. The third kappa shape index (κ3) is 4.12. The molecule has 3 heteroatoms. The minimum atomic E-state index is -0.396. The number of carbonyl (C=O) groups is 1. The molecule has 0 aliphatic heterocycles. The SMILES string of the molecule is CC(NC(C)C1CCC1)C(=O)OC(C)(C)C. The average Bonchev–Trinajstić information content (AvgIpc) is 1.96. The third-order valence-corrected chi connectivity index (χ3v) is 3.13. The Balaban J connectivity index is 2.33. The number of nitrogens with one attached hydrogen (secondary N) is 1. The lowest BCUT2D eigenvalue weighted by molar-refractivity contribution is -0.157. The molecule has 0 bridgehead atoms. The Labute approximate surface area is 98.9 Å². The highest BCUT2D eigenvalue weighted by atomic mass is 16.6. The van der Waals surface area contributed by atoms with Crippen LogP contribution in [0.3, 0.4) is 0 Å². The Bertz CT molecular complexity index is 241. The van der Waals surface area contributed by atoms with Crippen LogP contribution in [0.5, 0.6) is 0 Å². The van der Waals surface area contributed by atoms with Gasteiger partial charge < -0.3 is 10.1 Å². The molecule has 0 saturated heterocycles. The van der Waals surface area contributed by atoms with E-state index in [1.54, 1.807) is 0 Å². The van der Waals surface area contributed by atoms with Crippen molar-refractivity contribution >= 4 is 5.97 Å². The number of carbonyl (C=O) groups excluding carboxylic acids is 1. The maximum Gasteiger partial charge on any atom is 0.323 e. The van der Waals surface area contributed by atoms with Crippen molar-refractivity contribution in [1.29, 1.82) is 0 Å². The summed E-state index contributed by atoms with van der Waals surface area (Å²) in [5.41, 5.74) is -0.396. The van der Waals surface area contributed by atoms with E-state index in [0.29, 0.717) is 6.04 Å². The van der Waals surface area contributed by atoms with Crippen molar-refractivity contribution in [2.75, 3.05) is 0 Å².